The third-order valence-corrected chi connectivity index (χ3v) is 6.47. The van der Waals surface area contributed by atoms with Crippen LogP contribution in [-0.2, 0) is 9.53 Å². The lowest BCUT2D eigenvalue weighted by Gasteiger charge is -2.32. The number of piperidine rings is 1. The Hall–Kier alpha value is -3.38. The van der Waals surface area contributed by atoms with Crippen LogP contribution in [0, 0.1) is 0 Å². The van der Waals surface area contributed by atoms with Gasteiger partial charge in [0.2, 0.25) is 11.9 Å². The molecule has 1 amide bonds. The number of rotatable bonds is 6. The average Bonchev–Trinajstić information content (AvgIpc) is 3.29. The number of carbonyl (C=O) groups excluding carboxylic acids is 1. The van der Waals surface area contributed by atoms with Gasteiger partial charge in [-0.1, -0.05) is 12.1 Å². The normalized spacial score (nSPS) is 19.6. The van der Waals surface area contributed by atoms with E-state index in [9.17, 15) is 18.7 Å². The second kappa shape index (κ2) is 10.3. The van der Waals surface area contributed by atoms with Crippen molar-refractivity contribution in [1.82, 2.24) is 24.4 Å². The number of imidazole rings is 1. The van der Waals surface area contributed by atoms with Crippen LogP contribution in [0.2, 0.25) is 0 Å². The van der Waals surface area contributed by atoms with Gasteiger partial charge in [0.1, 0.15) is 17.7 Å². The van der Waals surface area contributed by atoms with Gasteiger partial charge in [0.05, 0.1) is 30.4 Å². The number of β-amino-alcohol motifs (C(OH)–C–C–N with tert-alkyl or cyclic N) is 1. The van der Waals surface area contributed by atoms with E-state index in [1.807, 2.05) is 4.90 Å². The zero-order chi connectivity index (χ0) is 25.2. The van der Waals surface area contributed by atoms with Gasteiger partial charge < -0.3 is 25.0 Å². The molecule has 5 rings (SSSR count). The molecule has 2 aliphatic rings. The number of likely N-dealkylation sites (tertiary alicyclic amines) is 1. The van der Waals surface area contributed by atoms with E-state index in [1.165, 1.54) is 4.57 Å². The number of halogens is 2. The summed E-state index contributed by atoms with van der Waals surface area (Å²) in [5, 5.41) is 13.0. The minimum Gasteiger partial charge on any atom is -0.391 e. The van der Waals surface area contributed by atoms with Crippen molar-refractivity contribution in [3.05, 3.63) is 36.2 Å². The number of morpholine rings is 1. The number of alkyl halides is 2. The highest BCUT2D eigenvalue weighted by atomic mass is 19.3. The molecular formula is C24H29F2N7O3. The van der Waals surface area contributed by atoms with Crippen molar-refractivity contribution in [2.45, 2.75) is 38.3 Å². The van der Waals surface area contributed by atoms with E-state index in [4.69, 9.17) is 4.74 Å². The summed E-state index contributed by atoms with van der Waals surface area (Å²) in [6, 6.07) is 7.86. The summed E-state index contributed by atoms with van der Waals surface area (Å²) in [5.41, 5.74) is 0.929. The number of anilines is 2. The molecule has 0 saturated carbocycles. The Balaban J connectivity index is 1.53. The van der Waals surface area contributed by atoms with Gasteiger partial charge in [0, 0.05) is 32.2 Å². The Morgan fingerprint density at radius 2 is 1.89 bits per heavy atom. The number of hydrogen-bond donors (Lipinski definition) is 2. The minimum atomic E-state index is -2.82. The summed E-state index contributed by atoms with van der Waals surface area (Å²) in [5.74, 6) is 0.311. The molecule has 0 radical (unpaired) electrons. The van der Waals surface area contributed by atoms with Crippen molar-refractivity contribution >= 4 is 28.7 Å². The van der Waals surface area contributed by atoms with Crippen LogP contribution in [-0.4, -0.2) is 87.0 Å². The lowest BCUT2D eigenvalue weighted by Crippen LogP contribution is -2.48. The molecular weight excluding hydrogens is 472 g/mol. The van der Waals surface area contributed by atoms with Crippen LogP contribution in [0.4, 0.5) is 20.5 Å². The van der Waals surface area contributed by atoms with Crippen LogP contribution >= 0.6 is 0 Å². The van der Waals surface area contributed by atoms with Crippen LogP contribution in [0.5, 0.6) is 0 Å². The van der Waals surface area contributed by atoms with Gasteiger partial charge in [0.15, 0.2) is 5.82 Å². The first-order chi connectivity index (χ1) is 17.4. The van der Waals surface area contributed by atoms with Gasteiger partial charge in [0.25, 0.3) is 6.43 Å². The molecule has 0 spiro atoms. The summed E-state index contributed by atoms with van der Waals surface area (Å²) in [4.78, 5) is 29.9. The van der Waals surface area contributed by atoms with Crippen LogP contribution in [0.25, 0.3) is 16.9 Å². The van der Waals surface area contributed by atoms with E-state index in [1.54, 1.807) is 42.2 Å². The largest absolute Gasteiger partial charge is 0.391 e. The molecule has 10 nitrogen and oxygen atoms in total. The molecule has 0 bridgehead atoms. The smallest absolute Gasteiger partial charge is 0.296 e. The van der Waals surface area contributed by atoms with E-state index in [-0.39, 0.29) is 24.2 Å². The van der Waals surface area contributed by atoms with Crippen LogP contribution in [0.15, 0.2) is 30.3 Å². The fraction of sp³-hybridized carbons (Fsp3) is 0.500. The number of benzene rings is 1. The zero-order valence-corrected chi connectivity index (χ0v) is 20.0. The van der Waals surface area contributed by atoms with Gasteiger partial charge in [-0.2, -0.15) is 9.97 Å². The number of aliphatic hydroxyl groups excluding tert-OH is 1. The lowest BCUT2D eigenvalue weighted by molar-refractivity contribution is -0.134. The lowest BCUT2D eigenvalue weighted by atomic mass is 10.1. The molecule has 2 aliphatic heterocycles. The van der Waals surface area contributed by atoms with Gasteiger partial charge in [-0.25, -0.2) is 13.8 Å². The first kappa shape index (κ1) is 24.3. The monoisotopic (exact) mass is 501 g/mol. The summed E-state index contributed by atoms with van der Waals surface area (Å²) in [7, 11) is 0. The van der Waals surface area contributed by atoms with E-state index < -0.39 is 24.4 Å². The standard InChI is InChI=1S/C24H29F2N7O3/c1-15(23(35)32-8-4-5-16(34)14-32)27-24-29-19(31-9-11-36-12-10-31)13-20(30-24)33-18-7-3-2-6-17(18)28-22(33)21(25)26/h2-3,6-7,13,15-16,21,34H,4-5,8-12,14H2,1H3,(H,27,29,30)/t15-,16?/m0/s1. The number of ether oxygens (including phenoxy) is 1. The maximum absolute atomic E-state index is 14.0. The first-order valence-electron chi connectivity index (χ1n) is 12.1. The molecule has 1 aromatic carbocycles. The molecule has 2 atom stereocenters. The number of nitrogens with one attached hydrogen (secondary N) is 1. The molecule has 192 valence electrons. The Morgan fingerprint density at radius 1 is 1.14 bits per heavy atom. The van der Waals surface area contributed by atoms with Gasteiger partial charge in [-0.15, -0.1) is 0 Å². The number of carbonyl (C=O) groups is 1. The van der Waals surface area contributed by atoms with Crippen molar-refractivity contribution in [1.29, 1.82) is 0 Å². The molecule has 3 aromatic rings. The topological polar surface area (TPSA) is 109 Å². The number of fused-ring (bicyclic) bond motifs is 1. The van der Waals surface area contributed by atoms with Crippen molar-refractivity contribution in [2.24, 2.45) is 0 Å². The highest BCUT2D eigenvalue weighted by Gasteiger charge is 2.28. The Morgan fingerprint density at radius 3 is 2.64 bits per heavy atom. The molecule has 2 fully saturated rings. The minimum absolute atomic E-state index is 0.144. The van der Waals surface area contributed by atoms with E-state index in [2.05, 4.69) is 20.3 Å². The van der Waals surface area contributed by atoms with E-state index >= 15 is 0 Å². The number of amides is 1. The van der Waals surface area contributed by atoms with Crippen molar-refractivity contribution in [3.63, 3.8) is 0 Å². The number of aliphatic hydroxyl groups is 1. The summed E-state index contributed by atoms with van der Waals surface area (Å²) in [6.45, 7) is 4.76. The van der Waals surface area contributed by atoms with E-state index in [0.717, 1.165) is 6.42 Å². The highest BCUT2D eigenvalue weighted by molar-refractivity contribution is 5.84. The molecule has 1 unspecified atom stereocenters. The third kappa shape index (κ3) is 4.96. The highest BCUT2D eigenvalue weighted by Crippen LogP contribution is 2.29. The Bertz CT molecular complexity index is 1230. The van der Waals surface area contributed by atoms with Crippen LogP contribution in [0.1, 0.15) is 32.0 Å². The Labute approximate surface area is 206 Å². The Kier molecular flexibility index (Phi) is 6.97. The SMILES string of the molecule is C[C@H](Nc1nc(N2CCOCC2)cc(-n2c(C(F)F)nc3ccccc32)n1)C(=O)N1CCCC(O)C1. The molecule has 36 heavy (non-hydrogen) atoms. The van der Waals surface area contributed by atoms with Crippen molar-refractivity contribution in [2.75, 3.05) is 49.6 Å². The molecule has 2 N–H and O–H groups in total. The second-order valence-electron chi connectivity index (χ2n) is 9.05. The maximum Gasteiger partial charge on any atom is 0.296 e. The molecule has 0 aliphatic carbocycles. The summed E-state index contributed by atoms with van der Waals surface area (Å²) in [6.07, 6.45) is -1.95. The zero-order valence-electron chi connectivity index (χ0n) is 20.0. The average molecular weight is 502 g/mol. The fourth-order valence-corrected chi connectivity index (χ4v) is 4.67. The van der Waals surface area contributed by atoms with Crippen LogP contribution < -0.4 is 10.2 Å². The quantitative estimate of drug-likeness (QED) is 0.530. The number of aromatic nitrogens is 4. The molecule has 2 saturated heterocycles. The number of nitrogens with zero attached hydrogens (tertiary/aromatic N) is 6. The molecule has 4 heterocycles. The first-order valence-corrected chi connectivity index (χ1v) is 12.1. The van der Waals surface area contributed by atoms with Gasteiger partial charge in [-0.05, 0) is 31.9 Å². The molecule has 12 heteroatoms. The summed E-state index contributed by atoms with van der Waals surface area (Å²) < 4.78 is 34.8. The summed E-state index contributed by atoms with van der Waals surface area (Å²) >= 11 is 0. The number of hydrogen-bond acceptors (Lipinski definition) is 8. The predicted molar refractivity (Wildman–Crippen MR) is 130 cm³/mol. The van der Waals surface area contributed by atoms with Crippen LogP contribution in [0.3, 0.4) is 0 Å². The van der Waals surface area contributed by atoms with Gasteiger partial charge in [-0.3, -0.25) is 9.36 Å². The maximum atomic E-state index is 14.0. The van der Waals surface area contributed by atoms with Gasteiger partial charge >= 0.3 is 0 Å². The van der Waals surface area contributed by atoms with Crippen molar-refractivity contribution < 1.29 is 23.4 Å². The predicted octanol–water partition coefficient (Wildman–Crippen LogP) is 2.37. The van der Waals surface area contributed by atoms with E-state index in [0.29, 0.717) is 56.1 Å². The molecule has 2 aromatic heterocycles. The fourth-order valence-electron chi connectivity index (χ4n) is 4.67. The second-order valence-corrected chi connectivity index (χ2v) is 9.05. The third-order valence-electron chi connectivity index (χ3n) is 6.47. The number of para-hydroxylation sites is 2. The van der Waals surface area contributed by atoms with Crippen molar-refractivity contribution in [3.8, 4) is 5.82 Å².